The lowest BCUT2D eigenvalue weighted by Gasteiger charge is -2.05. The maximum absolute atomic E-state index is 13.1. The van der Waals surface area contributed by atoms with Gasteiger partial charge < -0.3 is 4.42 Å². The molecular weight excluding hydrogens is 247 g/mol. The second-order valence-corrected chi connectivity index (χ2v) is 3.80. The Morgan fingerprint density at radius 1 is 1.29 bits per heavy atom. The van der Waals surface area contributed by atoms with E-state index in [9.17, 15) is 4.39 Å². The van der Waals surface area contributed by atoms with Crippen LogP contribution < -0.4 is 0 Å². The van der Waals surface area contributed by atoms with Crippen LogP contribution in [0.1, 0.15) is 5.56 Å². The molecule has 0 unspecified atom stereocenters. The molecule has 1 nitrogen and oxygen atoms in total. The van der Waals surface area contributed by atoms with Crippen molar-refractivity contribution in [1.82, 2.24) is 0 Å². The second-order valence-electron chi connectivity index (χ2n) is 3.01. The lowest BCUT2D eigenvalue weighted by molar-refractivity contribution is 0.580. The fraction of sp³-hybridized carbons (Fsp3) is 0.0909. The SMILES string of the molecule is Cc1c(F)ccc(-c2ccco2)c1Br. The molecule has 0 bridgehead atoms. The van der Waals surface area contributed by atoms with Gasteiger partial charge in [-0.1, -0.05) is 0 Å². The van der Waals surface area contributed by atoms with Crippen LogP contribution in [0.5, 0.6) is 0 Å². The third-order valence-electron chi connectivity index (χ3n) is 2.11. The molecule has 0 aliphatic heterocycles. The zero-order chi connectivity index (χ0) is 10.1. The highest BCUT2D eigenvalue weighted by Gasteiger charge is 2.10. The van der Waals surface area contributed by atoms with E-state index in [1.807, 2.05) is 6.07 Å². The monoisotopic (exact) mass is 254 g/mol. The van der Waals surface area contributed by atoms with E-state index in [0.29, 0.717) is 5.56 Å². The zero-order valence-corrected chi connectivity index (χ0v) is 9.14. The summed E-state index contributed by atoms with van der Waals surface area (Å²) in [5.41, 5.74) is 1.47. The highest BCUT2D eigenvalue weighted by Crippen LogP contribution is 2.32. The maximum atomic E-state index is 13.1. The molecule has 1 aromatic heterocycles. The van der Waals surface area contributed by atoms with Crippen molar-refractivity contribution in [2.45, 2.75) is 6.92 Å². The minimum atomic E-state index is -0.216. The van der Waals surface area contributed by atoms with Crippen LogP contribution >= 0.6 is 15.9 Å². The molecule has 0 aliphatic carbocycles. The molecule has 3 heteroatoms. The molecule has 1 aromatic carbocycles. The molecule has 0 aliphatic rings. The molecule has 72 valence electrons. The van der Waals surface area contributed by atoms with Crippen molar-refractivity contribution in [3.05, 3.63) is 46.4 Å². The second kappa shape index (κ2) is 3.58. The van der Waals surface area contributed by atoms with Crippen molar-refractivity contribution >= 4 is 15.9 Å². The summed E-state index contributed by atoms with van der Waals surface area (Å²) >= 11 is 3.35. The first kappa shape index (κ1) is 9.46. The molecule has 1 heterocycles. The molecule has 2 aromatic rings. The number of halogens is 2. The molecule has 0 atom stereocenters. The van der Waals surface area contributed by atoms with Gasteiger partial charge in [0.15, 0.2) is 0 Å². The van der Waals surface area contributed by atoms with E-state index in [-0.39, 0.29) is 5.82 Å². The van der Waals surface area contributed by atoms with Crippen LogP contribution in [0.15, 0.2) is 39.4 Å². The normalized spacial score (nSPS) is 10.5. The van der Waals surface area contributed by atoms with Gasteiger partial charge in [0.05, 0.1) is 6.26 Å². The standard InChI is InChI=1S/C11H8BrFO/c1-7-9(13)5-4-8(11(7)12)10-3-2-6-14-10/h2-6H,1H3. The molecule has 0 saturated carbocycles. The third kappa shape index (κ3) is 1.48. The first-order valence-electron chi connectivity index (χ1n) is 4.18. The summed E-state index contributed by atoms with van der Waals surface area (Å²) in [5, 5.41) is 0. The Morgan fingerprint density at radius 3 is 2.71 bits per heavy atom. The van der Waals surface area contributed by atoms with Gasteiger partial charge in [-0.25, -0.2) is 4.39 Å². The Hall–Kier alpha value is -1.09. The van der Waals surface area contributed by atoms with Gasteiger partial charge in [0.1, 0.15) is 11.6 Å². The van der Waals surface area contributed by atoms with E-state index in [2.05, 4.69) is 15.9 Å². The molecule has 0 N–H and O–H groups in total. The largest absolute Gasteiger partial charge is 0.464 e. The van der Waals surface area contributed by atoms with E-state index in [0.717, 1.165) is 15.8 Å². The predicted molar refractivity (Wildman–Crippen MR) is 56.5 cm³/mol. The molecule has 2 rings (SSSR count). The van der Waals surface area contributed by atoms with Gasteiger partial charge in [-0.3, -0.25) is 0 Å². The van der Waals surface area contributed by atoms with Crippen molar-refractivity contribution in [1.29, 1.82) is 0 Å². The quantitative estimate of drug-likeness (QED) is 0.745. The maximum Gasteiger partial charge on any atom is 0.134 e. The van der Waals surface area contributed by atoms with Crippen molar-refractivity contribution in [2.24, 2.45) is 0 Å². The summed E-state index contributed by atoms with van der Waals surface area (Å²) in [6.07, 6.45) is 1.60. The lowest BCUT2D eigenvalue weighted by Crippen LogP contribution is -1.86. The minimum absolute atomic E-state index is 0.216. The van der Waals surface area contributed by atoms with Crippen LogP contribution in [-0.4, -0.2) is 0 Å². The summed E-state index contributed by atoms with van der Waals surface area (Å²) in [5.74, 6) is 0.521. The van der Waals surface area contributed by atoms with E-state index in [1.54, 1.807) is 25.3 Å². The van der Waals surface area contributed by atoms with E-state index < -0.39 is 0 Å². The van der Waals surface area contributed by atoms with Crippen LogP contribution in [0.4, 0.5) is 4.39 Å². The summed E-state index contributed by atoms with van der Waals surface area (Å²) in [4.78, 5) is 0. The predicted octanol–water partition coefficient (Wildman–Crippen LogP) is 4.16. The van der Waals surface area contributed by atoms with Crippen LogP contribution in [0, 0.1) is 12.7 Å². The first-order chi connectivity index (χ1) is 6.70. The highest BCUT2D eigenvalue weighted by molar-refractivity contribution is 9.10. The topological polar surface area (TPSA) is 13.1 Å². The van der Waals surface area contributed by atoms with Crippen molar-refractivity contribution < 1.29 is 8.81 Å². The molecule has 0 saturated heterocycles. The molecule has 0 radical (unpaired) electrons. The Balaban J connectivity index is 2.61. The lowest BCUT2D eigenvalue weighted by atomic mass is 10.1. The zero-order valence-electron chi connectivity index (χ0n) is 7.55. The number of benzene rings is 1. The van der Waals surface area contributed by atoms with E-state index >= 15 is 0 Å². The summed E-state index contributed by atoms with van der Waals surface area (Å²) in [7, 11) is 0. The highest BCUT2D eigenvalue weighted by atomic mass is 79.9. The van der Waals surface area contributed by atoms with Gasteiger partial charge in [-0.2, -0.15) is 0 Å². The van der Waals surface area contributed by atoms with Gasteiger partial charge in [0.2, 0.25) is 0 Å². The van der Waals surface area contributed by atoms with Crippen molar-refractivity contribution in [3.8, 4) is 11.3 Å². The Labute approximate surface area is 89.7 Å². The van der Waals surface area contributed by atoms with Crippen molar-refractivity contribution in [3.63, 3.8) is 0 Å². The van der Waals surface area contributed by atoms with Crippen LogP contribution in [0.2, 0.25) is 0 Å². The summed E-state index contributed by atoms with van der Waals surface area (Å²) in [6.45, 7) is 1.73. The fourth-order valence-electron chi connectivity index (χ4n) is 1.28. The molecule has 0 amide bonds. The Kier molecular flexibility index (Phi) is 2.42. The molecule has 0 fully saturated rings. The van der Waals surface area contributed by atoms with Crippen LogP contribution in [-0.2, 0) is 0 Å². The third-order valence-corrected chi connectivity index (χ3v) is 3.13. The molecular formula is C11H8BrFO. The van der Waals surface area contributed by atoms with Crippen LogP contribution in [0.3, 0.4) is 0 Å². The fourth-order valence-corrected chi connectivity index (χ4v) is 1.80. The number of furan rings is 1. The summed E-state index contributed by atoms with van der Waals surface area (Å²) < 4.78 is 19.1. The Bertz CT molecular complexity index is 449. The van der Waals surface area contributed by atoms with Gasteiger partial charge in [-0.05, 0) is 52.7 Å². The average molecular weight is 255 g/mol. The number of hydrogen-bond acceptors (Lipinski definition) is 1. The number of rotatable bonds is 1. The van der Waals surface area contributed by atoms with E-state index in [4.69, 9.17) is 4.42 Å². The first-order valence-corrected chi connectivity index (χ1v) is 4.98. The van der Waals surface area contributed by atoms with Gasteiger partial charge in [-0.15, -0.1) is 0 Å². The van der Waals surface area contributed by atoms with E-state index in [1.165, 1.54) is 6.07 Å². The van der Waals surface area contributed by atoms with Gasteiger partial charge in [0, 0.05) is 10.0 Å². The number of hydrogen-bond donors (Lipinski definition) is 0. The van der Waals surface area contributed by atoms with Gasteiger partial charge >= 0.3 is 0 Å². The average Bonchev–Trinajstić information content (AvgIpc) is 2.67. The minimum Gasteiger partial charge on any atom is -0.464 e. The van der Waals surface area contributed by atoms with Crippen molar-refractivity contribution in [2.75, 3.05) is 0 Å². The molecule has 0 spiro atoms. The smallest absolute Gasteiger partial charge is 0.134 e. The van der Waals surface area contributed by atoms with Crippen LogP contribution in [0.25, 0.3) is 11.3 Å². The Morgan fingerprint density at radius 2 is 2.07 bits per heavy atom. The van der Waals surface area contributed by atoms with Gasteiger partial charge in [0.25, 0.3) is 0 Å². The summed E-state index contributed by atoms with van der Waals surface area (Å²) in [6, 6.07) is 6.79. The molecule has 14 heavy (non-hydrogen) atoms.